The van der Waals surface area contributed by atoms with Crippen LogP contribution in [0.1, 0.15) is 16.1 Å². The van der Waals surface area contributed by atoms with Gasteiger partial charge in [0.25, 0.3) is 5.91 Å². The first kappa shape index (κ1) is 14.7. The second-order valence-corrected chi connectivity index (χ2v) is 4.94. The molecule has 0 aliphatic carbocycles. The van der Waals surface area contributed by atoms with Crippen LogP contribution in [0, 0.1) is 0 Å². The number of nitrogens with zero attached hydrogens (tertiary/aromatic N) is 2. The van der Waals surface area contributed by atoms with Gasteiger partial charge in [0.15, 0.2) is 0 Å². The van der Waals surface area contributed by atoms with Crippen molar-refractivity contribution in [3.63, 3.8) is 0 Å². The van der Waals surface area contributed by atoms with E-state index in [1.54, 1.807) is 30.6 Å². The third kappa shape index (κ3) is 4.14. The molecule has 0 bridgehead atoms. The molecule has 3 rings (SSSR count). The molecule has 0 atom stereocenters. The lowest BCUT2D eigenvalue weighted by Gasteiger charge is -2.08. The number of hydrogen-bond acceptors (Lipinski definition) is 4. The maximum Gasteiger partial charge on any atom is 0.270 e. The van der Waals surface area contributed by atoms with Crippen LogP contribution in [0.15, 0.2) is 73.1 Å². The average molecular weight is 304 g/mol. The standard InChI is InChI=1S/C18H16N4O/c23-18(20-12-14-6-2-1-3-7-14)16-9-4-10-17(22-16)21-15-8-5-11-19-13-15/h1-11,13H,12H2,(H,20,23)(H,21,22). The van der Waals surface area contributed by atoms with Crippen molar-refractivity contribution in [2.24, 2.45) is 0 Å². The predicted molar refractivity (Wildman–Crippen MR) is 89.4 cm³/mol. The minimum atomic E-state index is -0.205. The van der Waals surface area contributed by atoms with Crippen molar-refractivity contribution in [2.75, 3.05) is 5.32 Å². The highest BCUT2D eigenvalue weighted by molar-refractivity contribution is 5.92. The topological polar surface area (TPSA) is 66.9 Å². The molecule has 0 radical (unpaired) electrons. The van der Waals surface area contributed by atoms with E-state index < -0.39 is 0 Å². The maximum absolute atomic E-state index is 12.2. The van der Waals surface area contributed by atoms with Gasteiger partial charge in [-0.1, -0.05) is 36.4 Å². The van der Waals surface area contributed by atoms with Crippen molar-refractivity contribution in [3.8, 4) is 0 Å². The molecular formula is C18H16N4O. The second kappa shape index (κ2) is 7.17. The van der Waals surface area contributed by atoms with E-state index in [-0.39, 0.29) is 5.91 Å². The lowest BCUT2D eigenvalue weighted by atomic mass is 10.2. The number of rotatable bonds is 5. The molecule has 0 aliphatic heterocycles. The number of pyridine rings is 2. The van der Waals surface area contributed by atoms with Crippen LogP contribution in [0.25, 0.3) is 0 Å². The van der Waals surface area contributed by atoms with Crippen molar-refractivity contribution in [1.82, 2.24) is 15.3 Å². The Labute approximate surface area is 134 Å². The van der Waals surface area contributed by atoms with Gasteiger partial charge in [0.2, 0.25) is 0 Å². The Morgan fingerprint density at radius 1 is 0.957 bits per heavy atom. The van der Waals surface area contributed by atoms with E-state index in [1.165, 1.54) is 0 Å². The number of aromatic nitrogens is 2. The zero-order valence-electron chi connectivity index (χ0n) is 12.4. The van der Waals surface area contributed by atoms with Gasteiger partial charge in [-0.05, 0) is 29.8 Å². The number of anilines is 2. The molecule has 2 aromatic heterocycles. The average Bonchev–Trinajstić information content (AvgIpc) is 2.62. The lowest BCUT2D eigenvalue weighted by Crippen LogP contribution is -2.23. The fraction of sp³-hybridized carbons (Fsp3) is 0.0556. The van der Waals surface area contributed by atoms with Crippen molar-refractivity contribution in [1.29, 1.82) is 0 Å². The molecule has 0 fully saturated rings. The number of nitrogens with one attached hydrogen (secondary N) is 2. The van der Waals surface area contributed by atoms with Crippen LogP contribution >= 0.6 is 0 Å². The van der Waals surface area contributed by atoms with E-state index in [0.717, 1.165) is 11.3 Å². The minimum absolute atomic E-state index is 0.205. The Kier molecular flexibility index (Phi) is 4.59. The zero-order chi connectivity index (χ0) is 15.9. The summed E-state index contributed by atoms with van der Waals surface area (Å²) in [5, 5.41) is 5.98. The quantitative estimate of drug-likeness (QED) is 0.760. The van der Waals surface area contributed by atoms with Crippen LogP contribution < -0.4 is 10.6 Å². The number of hydrogen-bond donors (Lipinski definition) is 2. The summed E-state index contributed by atoms with van der Waals surface area (Å²) in [6.07, 6.45) is 3.40. The molecule has 2 N–H and O–H groups in total. The fourth-order valence-electron chi connectivity index (χ4n) is 2.08. The van der Waals surface area contributed by atoms with Crippen molar-refractivity contribution < 1.29 is 4.79 Å². The summed E-state index contributed by atoms with van der Waals surface area (Å²) >= 11 is 0. The Bertz CT molecular complexity index is 775. The van der Waals surface area contributed by atoms with Crippen LogP contribution in [0.3, 0.4) is 0 Å². The van der Waals surface area contributed by atoms with E-state index >= 15 is 0 Å². The first-order chi connectivity index (χ1) is 11.3. The van der Waals surface area contributed by atoms with E-state index in [0.29, 0.717) is 18.1 Å². The molecule has 114 valence electrons. The number of carbonyl (C=O) groups is 1. The predicted octanol–water partition coefficient (Wildman–Crippen LogP) is 3.15. The summed E-state index contributed by atoms with van der Waals surface area (Å²) in [6, 6.07) is 18.8. The largest absolute Gasteiger partial charge is 0.347 e. The number of carbonyl (C=O) groups excluding carboxylic acids is 1. The summed E-state index contributed by atoms with van der Waals surface area (Å²) in [4.78, 5) is 20.6. The van der Waals surface area contributed by atoms with Gasteiger partial charge >= 0.3 is 0 Å². The number of amides is 1. The zero-order valence-corrected chi connectivity index (χ0v) is 12.4. The first-order valence-corrected chi connectivity index (χ1v) is 7.27. The second-order valence-electron chi connectivity index (χ2n) is 4.94. The highest BCUT2D eigenvalue weighted by Gasteiger charge is 2.08. The van der Waals surface area contributed by atoms with Crippen LogP contribution in [-0.4, -0.2) is 15.9 Å². The van der Waals surface area contributed by atoms with Crippen LogP contribution in [0.4, 0.5) is 11.5 Å². The highest BCUT2D eigenvalue weighted by atomic mass is 16.1. The van der Waals surface area contributed by atoms with Crippen molar-refractivity contribution in [2.45, 2.75) is 6.54 Å². The summed E-state index contributed by atoms with van der Waals surface area (Å²) in [5.41, 5.74) is 2.24. The summed E-state index contributed by atoms with van der Waals surface area (Å²) < 4.78 is 0. The van der Waals surface area contributed by atoms with Gasteiger partial charge in [0.05, 0.1) is 11.9 Å². The lowest BCUT2D eigenvalue weighted by molar-refractivity contribution is 0.0946. The molecular weight excluding hydrogens is 288 g/mol. The molecule has 5 heteroatoms. The Balaban J connectivity index is 1.65. The maximum atomic E-state index is 12.2. The summed E-state index contributed by atoms with van der Waals surface area (Å²) in [6.45, 7) is 0.474. The smallest absolute Gasteiger partial charge is 0.270 e. The fourth-order valence-corrected chi connectivity index (χ4v) is 2.08. The first-order valence-electron chi connectivity index (χ1n) is 7.27. The molecule has 5 nitrogen and oxygen atoms in total. The Morgan fingerprint density at radius 3 is 2.61 bits per heavy atom. The highest BCUT2D eigenvalue weighted by Crippen LogP contribution is 2.13. The molecule has 0 unspecified atom stereocenters. The monoisotopic (exact) mass is 304 g/mol. The van der Waals surface area contributed by atoms with Gasteiger partial charge in [0, 0.05) is 12.7 Å². The molecule has 0 saturated heterocycles. The van der Waals surface area contributed by atoms with Gasteiger partial charge in [-0.15, -0.1) is 0 Å². The minimum Gasteiger partial charge on any atom is -0.347 e. The summed E-state index contributed by atoms with van der Waals surface area (Å²) in [5.74, 6) is 0.397. The molecule has 0 aliphatic rings. The van der Waals surface area contributed by atoms with Crippen LogP contribution in [-0.2, 0) is 6.54 Å². The molecule has 23 heavy (non-hydrogen) atoms. The van der Waals surface area contributed by atoms with Gasteiger partial charge in [-0.2, -0.15) is 0 Å². The molecule has 1 amide bonds. The van der Waals surface area contributed by atoms with Gasteiger partial charge in [-0.25, -0.2) is 4.98 Å². The summed E-state index contributed by atoms with van der Waals surface area (Å²) in [7, 11) is 0. The third-order valence-electron chi connectivity index (χ3n) is 3.21. The Morgan fingerprint density at radius 2 is 1.83 bits per heavy atom. The van der Waals surface area contributed by atoms with Gasteiger partial charge in [0.1, 0.15) is 11.5 Å². The van der Waals surface area contributed by atoms with E-state index in [1.807, 2.05) is 42.5 Å². The van der Waals surface area contributed by atoms with E-state index in [4.69, 9.17) is 0 Å². The van der Waals surface area contributed by atoms with E-state index in [2.05, 4.69) is 20.6 Å². The van der Waals surface area contributed by atoms with Crippen LogP contribution in [0.2, 0.25) is 0 Å². The third-order valence-corrected chi connectivity index (χ3v) is 3.21. The van der Waals surface area contributed by atoms with Gasteiger partial charge in [-0.3, -0.25) is 9.78 Å². The molecule has 3 aromatic rings. The molecule has 2 heterocycles. The molecule has 1 aromatic carbocycles. The van der Waals surface area contributed by atoms with Gasteiger partial charge < -0.3 is 10.6 Å². The number of benzene rings is 1. The van der Waals surface area contributed by atoms with Crippen molar-refractivity contribution >= 4 is 17.4 Å². The molecule has 0 saturated carbocycles. The van der Waals surface area contributed by atoms with Crippen molar-refractivity contribution in [3.05, 3.63) is 84.3 Å². The van der Waals surface area contributed by atoms with E-state index in [9.17, 15) is 4.79 Å². The van der Waals surface area contributed by atoms with Crippen LogP contribution in [0.5, 0.6) is 0 Å². The molecule has 0 spiro atoms. The SMILES string of the molecule is O=C(NCc1ccccc1)c1cccc(Nc2cccnc2)n1. The Hall–Kier alpha value is -3.21. The normalized spacial score (nSPS) is 10.1.